The molecular formula is C12H24N2O2. The van der Waals surface area contributed by atoms with Crippen molar-refractivity contribution in [2.45, 2.75) is 47.1 Å². The molecule has 0 heterocycles. The van der Waals surface area contributed by atoms with Crippen LogP contribution in [-0.2, 0) is 9.59 Å². The van der Waals surface area contributed by atoms with E-state index in [-0.39, 0.29) is 30.3 Å². The first kappa shape index (κ1) is 15.1. The maximum atomic E-state index is 11.5. The van der Waals surface area contributed by atoms with Gasteiger partial charge in [-0.25, -0.2) is 0 Å². The van der Waals surface area contributed by atoms with E-state index in [1.807, 2.05) is 41.5 Å². The zero-order chi connectivity index (χ0) is 13.0. The van der Waals surface area contributed by atoms with Crippen molar-refractivity contribution in [2.24, 2.45) is 5.41 Å². The first-order valence-corrected chi connectivity index (χ1v) is 5.57. The third-order valence-electron chi connectivity index (χ3n) is 2.06. The molecule has 0 unspecified atom stereocenters. The van der Waals surface area contributed by atoms with Gasteiger partial charge in [-0.15, -0.1) is 0 Å². The van der Waals surface area contributed by atoms with Crippen LogP contribution in [0.4, 0.5) is 0 Å². The fraction of sp³-hybridized carbons (Fsp3) is 0.833. The minimum Gasteiger partial charge on any atom is -0.348 e. The molecule has 0 rings (SSSR count). The summed E-state index contributed by atoms with van der Waals surface area (Å²) in [4.78, 5) is 22.9. The van der Waals surface area contributed by atoms with Gasteiger partial charge in [-0.2, -0.15) is 0 Å². The van der Waals surface area contributed by atoms with Gasteiger partial charge in [-0.05, 0) is 20.8 Å². The van der Waals surface area contributed by atoms with Gasteiger partial charge in [0.05, 0.1) is 13.1 Å². The number of amides is 1. The van der Waals surface area contributed by atoms with E-state index in [1.165, 1.54) is 0 Å². The number of ketones is 1. The summed E-state index contributed by atoms with van der Waals surface area (Å²) in [6, 6.07) is 0. The molecule has 0 aliphatic heterocycles. The van der Waals surface area contributed by atoms with Crippen molar-refractivity contribution < 1.29 is 9.59 Å². The van der Waals surface area contributed by atoms with E-state index in [2.05, 4.69) is 10.6 Å². The van der Waals surface area contributed by atoms with E-state index >= 15 is 0 Å². The maximum absolute atomic E-state index is 11.5. The number of Topliss-reactive ketones (excluding diaryl/α,β-unsaturated/α-hetero) is 1. The van der Waals surface area contributed by atoms with Crippen LogP contribution in [0.5, 0.6) is 0 Å². The first-order chi connectivity index (χ1) is 7.02. The van der Waals surface area contributed by atoms with Crippen LogP contribution in [0.2, 0.25) is 0 Å². The van der Waals surface area contributed by atoms with Crippen molar-refractivity contribution in [3.05, 3.63) is 0 Å². The number of hydrogen-bond acceptors (Lipinski definition) is 3. The summed E-state index contributed by atoms with van der Waals surface area (Å²) in [7, 11) is 0. The molecule has 0 aromatic carbocycles. The van der Waals surface area contributed by atoms with Gasteiger partial charge in [0, 0.05) is 11.0 Å². The second-order valence-electron chi connectivity index (χ2n) is 6.05. The van der Waals surface area contributed by atoms with Crippen LogP contribution in [0, 0.1) is 5.41 Å². The Morgan fingerprint density at radius 1 is 0.938 bits per heavy atom. The van der Waals surface area contributed by atoms with Crippen molar-refractivity contribution in [1.29, 1.82) is 0 Å². The second kappa shape index (κ2) is 5.43. The van der Waals surface area contributed by atoms with Gasteiger partial charge in [0.1, 0.15) is 0 Å². The van der Waals surface area contributed by atoms with Crippen molar-refractivity contribution in [3.63, 3.8) is 0 Å². The Kier molecular flexibility index (Phi) is 5.13. The number of rotatable bonds is 4. The first-order valence-electron chi connectivity index (χ1n) is 5.57. The summed E-state index contributed by atoms with van der Waals surface area (Å²) < 4.78 is 0. The molecule has 0 aliphatic rings. The van der Waals surface area contributed by atoms with Gasteiger partial charge in [0.15, 0.2) is 5.78 Å². The van der Waals surface area contributed by atoms with E-state index in [9.17, 15) is 9.59 Å². The molecule has 0 bridgehead atoms. The molecule has 0 radical (unpaired) electrons. The van der Waals surface area contributed by atoms with Crippen LogP contribution in [0.25, 0.3) is 0 Å². The van der Waals surface area contributed by atoms with Crippen molar-refractivity contribution in [3.8, 4) is 0 Å². The lowest BCUT2D eigenvalue weighted by molar-refractivity contribution is -0.128. The predicted octanol–water partition coefficient (Wildman–Crippen LogP) is 1.11. The highest BCUT2D eigenvalue weighted by atomic mass is 16.2. The lowest BCUT2D eigenvalue weighted by Crippen LogP contribution is -2.45. The molecule has 0 saturated carbocycles. The standard InChI is InChI=1S/C12H24N2O2/c1-11(2,3)9(15)7-13-10(16)8-14-12(4,5)6/h14H,7-8H2,1-6H3,(H,13,16). The molecule has 0 atom stereocenters. The molecule has 0 fully saturated rings. The third kappa shape index (κ3) is 7.40. The van der Waals surface area contributed by atoms with Gasteiger partial charge < -0.3 is 10.6 Å². The molecule has 4 nitrogen and oxygen atoms in total. The van der Waals surface area contributed by atoms with Crippen LogP contribution >= 0.6 is 0 Å². The second-order valence-corrected chi connectivity index (χ2v) is 6.05. The topological polar surface area (TPSA) is 58.2 Å². The molecule has 2 N–H and O–H groups in total. The highest BCUT2D eigenvalue weighted by Crippen LogP contribution is 2.13. The SMILES string of the molecule is CC(C)(C)NCC(=O)NCC(=O)C(C)(C)C. The molecule has 0 spiro atoms. The summed E-state index contributed by atoms with van der Waals surface area (Å²) in [6.07, 6.45) is 0. The van der Waals surface area contributed by atoms with E-state index in [4.69, 9.17) is 0 Å². The molecular weight excluding hydrogens is 204 g/mol. The Morgan fingerprint density at radius 2 is 1.44 bits per heavy atom. The fourth-order valence-electron chi connectivity index (χ4n) is 0.852. The van der Waals surface area contributed by atoms with Crippen molar-refractivity contribution >= 4 is 11.7 Å². The molecule has 0 saturated heterocycles. The van der Waals surface area contributed by atoms with Gasteiger partial charge >= 0.3 is 0 Å². The molecule has 16 heavy (non-hydrogen) atoms. The predicted molar refractivity (Wildman–Crippen MR) is 65.2 cm³/mol. The zero-order valence-electron chi connectivity index (χ0n) is 11.2. The summed E-state index contributed by atoms with van der Waals surface area (Å²) in [5, 5.41) is 5.67. The van der Waals surface area contributed by atoms with Gasteiger partial charge in [0.2, 0.25) is 5.91 Å². The summed E-state index contributed by atoms with van der Waals surface area (Å²) >= 11 is 0. The van der Waals surface area contributed by atoms with E-state index in [1.54, 1.807) is 0 Å². The lowest BCUT2D eigenvalue weighted by atomic mass is 9.91. The Hall–Kier alpha value is -0.900. The smallest absolute Gasteiger partial charge is 0.234 e. The average Bonchev–Trinajstić information content (AvgIpc) is 2.08. The summed E-state index contributed by atoms with van der Waals surface area (Å²) in [5.74, 6) is -0.107. The highest BCUT2D eigenvalue weighted by Gasteiger charge is 2.21. The van der Waals surface area contributed by atoms with Crippen LogP contribution in [0.1, 0.15) is 41.5 Å². The number of carbonyl (C=O) groups is 2. The van der Waals surface area contributed by atoms with Crippen LogP contribution in [-0.4, -0.2) is 30.3 Å². The quantitative estimate of drug-likeness (QED) is 0.757. The number of nitrogens with one attached hydrogen (secondary N) is 2. The lowest BCUT2D eigenvalue weighted by Gasteiger charge is -2.21. The Balaban J connectivity index is 3.88. The maximum Gasteiger partial charge on any atom is 0.234 e. The third-order valence-corrected chi connectivity index (χ3v) is 2.06. The highest BCUT2D eigenvalue weighted by molar-refractivity contribution is 5.89. The zero-order valence-corrected chi connectivity index (χ0v) is 11.2. The van der Waals surface area contributed by atoms with E-state index < -0.39 is 5.41 Å². The largest absolute Gasteiger partial charge is 0.348 e. The molecule has 0 aliphatic carbocycles. The minimum atomic E-state index is -0.398. The van der Waals surface area contributed by atoms with E-state index in [0.29, 0.717) is 0 Å². The van der Waals surface area contributed by atoms with Crippen molar-refractivity contribution in [2.75, 3.05) is 13.1 Å². The van der Waals surface area contributed by atoms with Crippen LogP contribution in [0.3, 0.4) is 0 Å². The number of carbonyl (C=O) groups excluding carboxylic acids is 2. The minimum absolute atomic E-state index is 0.0385. The fourth-order valence-corrected chi connectivity index (χ4v) is 0.852. The monoisotopic (exact) mass is 228 g/mol. The Labute approximate surface area is 98.2 Å². The molecule has 0 aromatic rings. The Morgan fingerprint density at radius 3 is 1.81 bits per heavy atom. The molecule has 4 heteroatoms. The summed E-state index contributed by atoms with van der Waals surface area (Å²) in [6.45, 7) is 11.8. The molecule has 0 aromatic heterocycles. The normalized spacial score (nSPS) is 12.4. The summed E-state index contributed by atoms with van der Waals surface area (Å²) in [5.41, 5.74) is -0.490. The molecule has 94 valence electrons. The Bertz CT molecular complexity index is 259. The van der Waals surface area contributed by atoms with Crippen LogP contribution < -0.4 is 10.6 Å². The van der Waals surface area contributed by atoms with Gasteiger partial charge in [-0.1, -0.05) is 20.8 Å². The van der Waals surface area contributed by atoms with Gasteiger partial charge in [-0.3, -0.25) is 9.59 Å². The number of hydrogen-bond donors (Lipinski definition) is 2. The van der Waals surface area contributed by atoms with E-state index in [0.717, 1.165) is 0 Å². The van der Waals surface area contributed by atoms with Crippen molar-refractivity contribution in [1.82, 2.24) is 10.6 Å². The molecule has 1 amide bonds. The van der Waals surface area contributed by atoms with Crippen LogP contribution in [0.15, 0.2) is 0 Å². The average molecular weight is 228 g/mol. The van der Waals surface area contributed by atoms with Gasteiger partial charge in [0.25, 0.3) is 0 Å².